The molecular formula is C29H31NO5. The van der Waals surface area contributed by atoms with Crippen molar-refractivity contribution in [2.75, 3.05) is 0 Å². The molecule has 3 aromatic rings. The van der Waals surface area contributed by atoms with Crippen LogP contribution in [0.4, 0.5) is 0 Å². The quantitative estimate of drug-likeness (QED) is 0.376. The number of hydrogen-bond donors (Lipinski definition) is 1. The Labute approximate surface area is 206 Å². The average Bonchev–Trinajstić information content (AvgIpc) is 2.82. The summed E-state index contributed by atoms with van der Waals surface area (Å²) in [6, 6.07) is 27.5. The van der Waals surface area contributed by atoms with E-state index >= 15 is 0 Å². The van der Waals surface area contributed by atoms with E-state index in [-0.39, 0.29) is 6.42 Å². The molecule has 6 heteroatoms. The lowest BCUT2D eigenvalue weighted by atomic mass is 9.89. The highest BCUT2D eigenvalue weighted by molar-refractivity contribution is 6.08. The molecule has 0 saturated carbocycles. The Bertz CT molecular complexity index is 1100. The van der Waals surface area contributed by atoms with Gasteiger partial charge in [-0.05, 0) is 37.5 Å². The van der Waals surface area contributed by atoms with Crippen LogP contribution in [-0.4, -0.2) is 29.0 Å². The van der Waals surface area contributed by atoms with Crippen molar-refractivity contribution < 1.29 is 23.9 Å². The minimum absolute atomic E-state index is 0.128. The van der Waals surface area contributed by atoms with Gasteiger partial charge in [-0.3, -0.25) is 4.79 Å². The van der Waals surface area contributed by atoms with Crippen LogP contribution < -0.4 is 5.32 Å². The van der Waals surface area contributed by atoms with Gasteiger partial charge in [0.15, 0.2) is 6.10 Å². The highest BCUT2D eigenvalue weighted by Gasteiger charge is 2.52. The molecule has 6 nitrogen and oxygen atoms in total. The van der Waals surface area contributed by atoms with Gasteiger partial charge in [-0.2, -0.15) is 0 Å². The molecule has 0 bridgehead atoms. The van der Waals surface area contributed by atoms with Gasteiger partial charge in [-0.25, -0.2) is 9.59 Å². The highest BCUT2D eigenvalue weighted by Crippen LogP contribution is 2.30. The van der Waals surface area contributed by atoms with Gasteiger partial charge >= 0.3 is 11.9 Å². The highest BCUT2D eigenvalue weighted by atomic mass is 16.6. The van der Waals surface area contributed by atoms with E-state index in [0.29, 0.717) is 5.56 Å². The summed E-state index contributed by atoms with van der Waals surface area (Å²) in [6.45, 7) is 6.36. The van der Waals surface area contributed by atoms with Gasteiger partial charge in [0, 0.05) is 13.3 Å². The first-order valence-electron chi connectivity index (χ1n) is 11.5. The summed E-state index contributed by atoms with van der Waals surface area (Å²) in [7, 11) is 0. The van der Waals surface area contributed by atoms with Crippen molar-refractivity contribution in [1.29, 1.82) is 0 Å². The second-order valence-electron chi connectivity index (χ2n) is 9.36. The molecular weight excluding hydrogens is 442 g/mol. The molecule has 0 unspecified atom stereocenters. The van der Waals surface area contributed by atoms with E-state index in [2.05, 4.69) is 5.32 Å². The summed E-state index contributed by atoms with van der Waals surface area (Å²) in [5.74, 6) is -2.34. The van der Waals surface area contributed by atoms with E-state index in [1.165, 1.54) is 6.92 Å². The average molecular weight is 474 g/mol. The molecule has 1 amide bonds. The number of amides is 1. The fourth-order valence-corrected chi connectivity index (χ4v) is 3.73. The summed E-state index contributed by atoms with van der Waals surface area (Å²) in [4.78, 5) is 39.9. The predicted octanol–water partition coefficient (Wildman–Crippen LogP) is 4.78. The van der Waals surface area contributed by atoms with Gasteiger partial charge in [-0.1, -0.05) is 91.0 Å². The predicted molar refractivity (Wildman–Crippen MR) is 133 cm³/mol. The van der Waals surface area contributed by atoms with E-state index in [9.17, 15) is 14.4 Å². The van der Waals surface area contributed by atoms with Gasteiger partial charge in [0.2, 0.25) is 11.4 Å². The van der Waals surface area contributed by atoms with E-state index in [4.69, 9.17) is 9.47 Å². The van der Waals surface area contributed by atoms with Crippen LogP contribution >= 0.6 is 0 Å². The molecule has 0 aliphatic heterocycles. The SMILES string of the molecule is CC(=O)N[C@@](Cc1ccccc1)(C(=O)OC(c1ccccc1)c1ccccc1)C(=O)OC(C)(C)C. The van der Waals surface area contributed by atoms with Crippen LogP contribution in [0.2, 0.25) is 0 Å². The maximum absolute atomic E-state index is 14.0. The molecule has 0 fully saturated rings. The second-order valence-corrected chi connectivity index (χ2v) is 9.36. The number of nitrogens with one attached hydrogen (secondary N) is 1. The monoisotopic (exact) mass is 473 g/mol. The molecule has 1 N–H and O–H groups in total. The van der Waals surface area contributed by atoms with Gasteiger partial charge in [-0.15, -0.1) is 0 Å². The molecule has 3 aromatic carbocycles. The Kier molecular flexibility index (Phi) is 8.07. The minimum Gasteiger partial charge on any atom is -0.458 e. The Morgan fingerprint density at radius 1 is 0.743 bits per heavy atom. The van der Waals surface area contributed by atoms with E-state index < -0.39 is 35.1 Å². The molecule has 35 heavy (non-hydrogen) atoms. The van der Waals surface area contributed by atoms with Crippen LogP contribution in [0.1, 0.15) is 50.5 Å². The maximum Gasteiger partial charge on any atom is 0.345 e. The molecule has 3 rings (SSSR count). The molecule has 0 heterocycles. The molecule has 0 spiro atoms. The number of ether oxygens (including phenoxy) is 2. The van der Waals surface area contributed by atoms with Crippen LogP contribution in [0.5, 0.6) is 0 Å². The van der Waals surface area contributed by atoms with Gasteiger partial charge in [0.1, 0.15) is 5.60 Å². The summed E-state index contributed by atoms with van der Waals surface area (Å²) >= 11 is 0. The molecule has 0 saturated heterocycles. The zero-order chi connectivity index (χ0) is 25.5. The molecule has 0 aromatic heterocycles. The third-order valence-corrected chi connectivity index (χ3v) is 5.23. The first-order valence-corrected chi connectivity index (χ1v) is 11.5. The van der Waals surface area contributed by atoms with Crippen molar-refractivity contribution in [2.45, 2.75) is 51.4 Å². The minimum atomic E-state index is -2.08. The number of carbonyl (C=O) groups is 3. The Morgan fingerprint density at radius 3 is 1.63 bits per heavy atom. The van der Waals surface area contributed by atoms with E-state index in [1.54, 1.807) is 45.0 Å². The second kappa shape index (κ2) is 11.0. The fraction of sp³-hybridized carbons (Fsp3) is 0.276. The van der Waals surface area contributed by atoms with Crippen LogP contribution in [0.3, 0.4) is 0 Å². The zero-order valence-electron chi connectivity index (χ0n) is 20.5. The number of benzene rings is 3. The van der Waals surface area contributed by atoms with Gasteiger partial charge in [0.05, 0.1) is 0 Å². The third kappa shape index (κ3) is 6.79. The number of hydrogen-bond acceptors (Lipinski definition) is 5. The van der Waals surface area contributed by atoms with E-state index in [0.717, 1.165) is 11.1 Å². The normalized spacial score (nSPS) is 12.9. The van der Waals surface area contributed by atoms with Crippen molar-refractivity contribution in [3.8, 4) is 0 Å². The molecule has 1 atom stereocenters. The van der Waals surface area contributed by atoms with Crippen LogP contribution in [0, 0.1) is 0 Å². The lowest BCUT2D eigenvalue weighted by Gasteiger charge is -2.34. The third-order valence-electron chi connectivity index (χ3n) is 5.23. The standard InChI is InChI=1S/C29H31NO5/c1-21(31)30-29(27(33)35-28(2,3)4,20-22-14-8-5-9-15-22)26(32)34-25(23-16-10-6-11-17-23)24-18-12-7-13-19-24/h5-19,25H,20H2,1-4H3,(H,30,31)/t29-/m0/s1. The van der Waals surface area contributed by atoms with Crippen molar-refractivity contribution in [3.05, 3.63) is 108 Å². The summed E-state index contributed by atoms with van der Waals surface area (Å²) in [6.07, 6.45) is -0.923. The fourth-order valence-electron chi connectivity index (χ4n) is 3.73. The van der Waals surface area contributed by atoms with Crippen LogP contribution in [0.15, 0.2) is 91.0 Å². The lowest BCUT2D eigenvalue weighted by Crippen LogP contribution is -2.63. The van der Waals surface area contributed by atoms with Crippen molar-refractivity contribution in [3.63, 3.8) is 0 Å². The number of esters is 2. The smallest absolute Gasteiger partial charge is 0.345 e. The van der Waals surface area contributed by atoms with Gasteiger partial charge < -0.3 is 14.8 Å². The molecule has 182 valence electrons. The zero-order valence-corrected chi connectivity index (χ0v) is 20.5. The topological polar surface area (TPSA) is 81.7 Å². The number of carbonyl (C=O) groups excluding carboxylic acids is 3. The Hall–Kier alpha value is -3.93. The van der Waals surface area contributed by atoms with Crippen LogP contribution in [0.25, 0.3) is 0 Å². The summed E-state index contributed by atoms with van der Waals surface area (Å²) in [5.41, 5.74) is -0.849. The summed E-state index contributed by atoms with van der Waals surface area (Å²) in [5, 5.41) is 2.58. The largest absolute Gasteiger partial charge is 0.458 e. The van der Waals surface area contributed by atoms with E-state index in [1.807, 2.05) is 66.7 Å². The van der Waals surface area contributed by atoms with Gasteiger partial charge in [0.25, 0.3) is 0 Å². The van der Waals surface area contributed by atoms with Crippen molar-refractivity contribution in [1.82, 2.24) is 5.32 Å². The molecule has 0 radical (unpaired) electrons. The number of rotatable bonds is 8. The Morgan fingerprint density at radius 2 is 1.20 bits per heavy atom. The first kappa shape index (κ1) is 25.7. The lowest BCUT2D eigenvalue weighted by molar-refractivity contribution is -0.177. The molecule has 0 aliphatic carbocycles. The first-order chi connectivity index (χ1) is 16.6. The summed E-state index contributed by atoms with van der Waals surface area (Å²) < 4.78 is 11.7. The maximum atomic E-state index is 14.0. The van der Waals surface area contributed by atoms with Crippen molar-refractivity contribution in [2.24, 2.45) is 0 Å². The van der Waals surface area contributed by atoms with Crippen molar-refractivity contribution >= 4 is 17.8 Å². The van der Waals surface area contributed by atoms with Crippen LogP contribution in [-0.2, 0) is 30.3 Å². The Balaban J connectivity index is 2.09. The molecule has 0 aliphatic rings.